The van der Waals surface area contributed by atoms with E-state index in [4.69, 9.17) is 4.74 Å². The molecule has 1 aromatic carbocycles. The molecule has 0 aliphatic rings. The molecule has 0 heterocycles. The van der Waals surface area contributed by atoms with Crippen molar-refractivity contribution in [3.8, 4) is 5.75 Å². The van der Waals surface area contributed by atoms with Gasteiger partial charge in [0.25, 0.3) is 5.69 Å². The molecule has 0 fully saturated rings. The number of hydrogen-bond acceptors (Lipinski definition) is 5. The second-order valence-corrected chi connectivity index (χ2v) is 3.11. The second-order valence-electron chi connectivity index (χ2n) is 3.11. The molecule has 1 rings (SSSR count). The van der Waals surface area contributed by atoms with Gasteiger partial charge in [-0.3, -0.25) is 10.1 Å². The highest BCUT2D eigenvalue weighted by molar-refractivity contribution is 5.69. The first kappa shape index (κ1) is 12.3. The smallest absolute Gasteiger partial charge is 0.296 e. The molecule has 1 aromatic rings. The number of anilines is 1. The van der Waals surface area contributed by atoms with Crippen molar-refractivity contribution in [1.29, 1.82) is 0 Å². The average molecular weight is 225 g/mol. The summed E-state index contributed by atoms with van der Waals surface area (Å²) in [5.74, 6) is 0.493. The van der Waals surface area contributed by atoms with E-state index in [0.717, 1.165) is 0 Å². The number of likely N-dealkylation sites (N-methyl/N-ethyl adjacent to an activating group) is 1. The standard InChI is InChI=1S/C10H15N3O3/c1-11-6-7-16-9-5-3-4-8(13(14)15)10(9)12-2/h3-5,11-12H,6-7H2,1-2H3. The van der Waals surface area contributed by atoms with Gasteiger partial charge in [-0.2, -0.15) is 0 Å². The lowest BCUT2D eigenvalue weighted by Crippen LogP contribution is -2.16. The molecule has 0 aromatic heterocycles. The zero-order valence-electron chi connectivity index (χ0n) is 9.32. The molecule has 0 saturated carbocycles. The quantitative estimate of drug-likeness (QED) is 0.432. The van der Waals surface area contributed by atoms with E-state index in [-0.39, 0.29) is 5.69 Å². The van der Waals surface area contributed by atoms with E-state index in [0.29, 0.717) is 24.6 Å². The van der Waals surface area contributed by atoms with Crippen LogP contribution in [0, 0.1) is 10.1 Å². The molecule has 0 aliphatic heterocycles. The Balaban J connectivity index is 2.90. The van der Waals surface area contributed by atoms with Gasteiger partial charge in [0.05, 0.1) is 4.92 Å². The largest absolute Gasteiger partial charge is 0.490 e. The topological polar surface area (TPSA) is 76.4 Å². The minimum Gasteiger partial charge on any atom is -0.490 e. The molecule has 0 aliphatic carbocycles. The first-order valence-corrected chi connectivity index (χ1v) is 4.93. The fourth-order valence-electron chi connectivity index (χ4n) is 1.31. The Morgan fingerprint density at radius 1 is 1.44 bits per heavy atom. The summed E-state index contributed by atoms with van der Waals surface area (Å²) in [6.45, 7) is 1.15. The van der Waals surface area contributed by atoms with E-state index in [1.54, 1.807) is 19.2 Å². The van der Waals surface area contributed by atoms with Crippen LogP contribution >= 0.6 is 0 Å². The summed E-state index contributed by atoms with van der Waals surface area (Å²) >= 11 is 0. The lowest BCUT2D eigenvalue weighted by atomic mass is 10.2. The third-order valence-corrected chi connectivity index (χ3v) is 2.06. The molecular weight excluding hydrogens is 210 g/mol. The Morgan fingerprint density at radius 3 is 2.75 bits per heavy atom. The summed E-state index contributed by atoms with van der Waals surface area (Å²) in [4.78, 5) is 10.3. The van der Waals surface area contributed by atoms with E-state index in [1.165, 1.54) is 6.07 Å². The van der Waals surface area contributed by atoms with Crippen molar-refractivity contribution in [3.63, 3.8) is 0 Å². The van der Waals surface area contributed by atoms with Crippen molar-refractivity contribution >= 4 is 11.4 Å². The van der Waals surface area contributed by atoms with E-state index in [2.05, 4.69) is 10.6 Å². The summed E-state index contributed by atoms with van der Waals surface area (Å²) in [6.07, 6.45) is 0. The van der Waals surface area contributed by atoms with Crippen molar-refractivity contribution in [1.82, 2.24) is 5.32 Å². The number of nitrogens with zero attached hydrogens (tertiary/aromatic N) is 1. The van der Waals surface area contributed by atoms with Crippen LogP contribution in [0.2, 0.25) is 0 Å². The zero-order valence-corrected chi connectivity index (χ0v) is 9.32. The maximum absolute atomic E-state index is 10.8. The van der Waals surface area contributed by atoms with Crippen LogP contribution in [-0.4, -0.2) is 32.2 Å². The van der Waals surface area contributed by atoms with Crippen molar-refractivity contribution < 1.29 is 9.66 Å². The number of para-hydroxylation sites is 1. The number of nitro groups is 1. The number of benzene rings is 1. The Kier molecular flexibility index (Phi) is 4.53. The van der Waals surface area contributed by atoms with Crippen LogP contribution in [-0.2, 0) is 0 Å². The Bertz CT molecular complexity index is 368. The van der Waals surface area contributed by atoms with E-state index >= 15 is 0 Å². The second kappa shape index (κ2) is 5.92. The minimum atomic E-state index is -0.434. The lowest BCUT2D eigenvalue weighted by Gasteiger charge is -2.10. The first-order chi connectivity index (χ1) is 7.70. The van der Waals surface area contributed by atoms with Gasteiger partial charge in [0, 0.05) is 19.7 Å². The van der Waals surface area contributed by atoms with Gasteiger partial charge in [-0.1, -0.05) is 6.07 Å². The predicted octanol–water partition coefficient (Wildman–Crippen LogP) is 1.23. The zero-order chi connectivity index (χ0) is 12.0. The minimum absolute atomic E-state index is 0.0180. The fourth-order valence-corrected chi connectivity index (χ4v) is 1.31. The Labute approximate surface area is 93.8 Å². The van der Waals surface area contributed by atoms with Crippen LogP contribution in [0.1, 0.15) is 0 Å². The summed E-state index contributed by atoms with van der Waals surface area (Å²) in [5, 5.41) is 16.5. The van der Waals surface area contributed by atoms with Crippen LogP contribution in [0.3, 0.4) is 0 Å². The highest BCUT2D eigenvalue weighted by atomic mass is 16.6. The molecule has 6 heteroatoms. The van der Waals surface area contributed by atoms with Gasteiger partial charge in [-0.25, -0.2) is 0 Å². The van der Waals surface area contributed by atoms with Gasteiger partial charge in [0.1, 0.15) is 12.4 Å². The van der Waals surface area contributed by atoms with Gasteiger partial charge in [-0.05, 0) is 13.1 Å². The van der Waals surface area contributed by atoms with Gasteiger partial charge in [0.15, 0.2) is 5.69 Å². The van der Waals surface area contributed by atoms with Gasteiger partial charge in [0.2, 0.25) is 0 Å². The average Bonchev–Trinajstić information content (AvgIpc) is 2.29. The molecule has 0 bridgehead atoms. The molecule has 16 heavy (non-hydrogen) atoms. The molecule has 0 radical (unpaired) electrons. The van der Waals surface area contributed by atoms with Gasteiger partial charge in [-0.15, -0.1) is 0 Å². The number of ether oxygens (including phenoxy) is 1. The first-order valence-electron chi connectivity index (χ1n) is 4.93. The Morgan fingerprint density at radius 2 is 2.19 bits per heavy atom. The summed E-state index contributed by atoms with van der Waals surface area (Å²) in [7, 11) is 3.45. The molecule has 0 atom stereocenters. The van der Waals surface area contributed by atoms with Crippen LogP contribution in [0.4, 0.5) is 11.4 Å². The Hall–Kier alpha value is -1.82. The highest BCUT2D eigenvalue weighted by Gasteiger charge is 2.16. The monoisotopic (exact) mass is 225 g/mol. The summed E-state index contributed by atoms with van der Waals surface area (Å²) < 4.78 is 5.43. The number of nitrogens with one attached hydrogen (secondary N) is 2. The number of rotatable bonds is 6. The maximum Gasteiger partial charge on any atom is 0.296 e. The van der Waals surface area contributed by atoms with Crippen molar-refractivity contribution in [3.05, 3.63) is 28.3 Å². The van der Waals surface area contributed by atoms with Gasteiger partial charge < -0.3 is 15.4 Å². The predicted molar refractivity (Wildman–Crippen MR) is 62.1 cm³/mol. The summed E-state index contributed by atoms with van der Waals surface area (Å²) in [6, 6.07) is 4.75. The highest BCUT2D eigenvalue weighted by Crippen LogP contribution is 2.33. The van der Waals surface area contributed by atoms with Crippen molar-refractivity contribution in [2.45, 2.75) is 0 Å². The molecule has 0 unspecified atom stereocenters. The number of nitro benzene ring substituents is 1. The van der Waals surface area contributed by atoms with E-state index in [1.807, 2.05) is 7.05 Å². The molecule has 6 nitrogen and oxygen atoms in total. The molecule has 0 spiro atoms. The van der Waals surface area contributed by atoms with Crippen LogP contribution in [0.15, 0.2) is 18.2 Å². The molecular formula is C10H15N3O3. The SMILES string of the molecule is CNCCOc1cccc([N+](=O)[O-])c1NC. The number of hydrogen-bond donors (Lipinski definition) is 2. The summed E-state index contributed by atoms with van der Waals surface area (Å²) in [5.41, 5.74) is 0.424. The van der Waals surface area contributed by atoms with E-state index in [9.17, 15) is 10.1 Å². The molecule has 88 valence electrons. The van der Waals surface area contributed by atoms with Crippen molar-refractivity contribution in [2.75, 3.05) is 32.6 Å². The molecule has 0 saturated heterocycles. The van der Waals surface area contributed by atoms with Crippen LogP contribution < -0.4 is 15.4 Å². The normalized spacial score (nSPS) is 9.88. The van der Waals surface area contributed by atoms with E-state index < -0.39 is 4.92 Å². The van der Waals surface area contributed by atoms with Crippen LogP contribution in [0.5, 0.6) is 5.75 Å². The maximum atomic E-state index is 10.8. The lowest BCUT2D eigenvalue weighted by molar-refractivity contribution is -0.384. The molecule has 2 N–H and O–H groups in total. The fraction of sp³-hybridized carbons (Fsp3) is 0.400. The third kappa shape index (κ3) is 2.83. The third-order valence-electron chi connectivity index (χ3n) is 2.06. The van der Waals surface area contributed by atoms with Crippen LogP contribution in [0.25, 0.3) is 0 Å². The van der Waals surface area contributed by atoms with Gasteiger partial charge >= 0.3 is 0 Å². The molecule has 0 amide bonds. The van der Waals surface area contributed by atoms with Crippen molar-refractivity contribution in [2.24, 2.45) is 0 Å².